The van der Waals surface area contributed by atoms with Crippen LogP contribution in [0, 0.1) is 13.8 Å². The van der Waals surface area contributed by atoms with Crippen LogP contribution in [0.25, 0.3) is 5.76 Å². The van der Waals surface area contributed by atoms with Gasteiger partial charge in [0.2, 0.25) is 0 Å². The van der Waals surface area contributed by atoms with Gasteiger partial charge in [-0.3, -0.25) is 9.59 Å². The highest BCUT2D eigenvalue weighted by Gasteiger charge is 2.46. The molecule has 7 heteroatoms. The van der Waals surface area contributed by atoms with Crippen molar-refractivity contribution in [1.82, 2.24) is 4.90 Å². The molecule has 0 radical (unpaired) electrons. The molecule has 1 N–H and O–H groups in total. The average molecular weight is 430 g/mol. The van der Waals surface area contributed by atoms with Crippen molar-refractivity contribution >= 4 is 28.8 Å². The summed E-state index contributed by atoms with van der Waals surface area (Å²) >= 11 is 1.45. The van der Waals surface area contributed by atoms with Crippen molar-refractivity contribution < 1.29 is 24.2 Å². The van der Waals surface area contributed by atoms with E-state index in [1.807, 2.05) is 51.3 Å². The van der Waals surface area contributed by atoms with Gasteiger partial charge in [-0.05, 0) is 62.4 Å². The Morgan fingerprint density at radius 1 is 1.23 bits per heavy atom. The van der Waals surface area contributed by atoms with E-state index in [9.17, 15) is 14.7 Å². The van der Waals surface area contributed by atoms with Crippen LogP contribution in [0.2, 0.25) is 0 Å². The molecule has 6 nitrogen and oxygen atoms in total. The molecule has 3 rings (SSSR count). The first kappa shape index (κ1) is 22.1. The zero-order valence-electron chi connectivity index (χ0n) is 17.9. The molecule has 2 aromatic rings. The maximum Gasteiger partial charge on any atom is 0.295 e. The molecule has 160 valence electrons. The highest BCUT2D eigenvalue weighted by Crippen LogP contribution is 2.41. The van der Waals surface area contributed by atoms with Crippen LogP contribution in [0.4, 0.5) is 0 Å². The Morgan fingerprint density at radius 3 is 2.57 bits per heavy atom. The van der Waals surface area contributed by atoms with Crippen LogP contribution in [-0.2, 0) is 14.3 Å². The maximum atomic E-state index is 13.0. The fourth-order valence-electron chi connectivity index (χ4n) is 3.65. The smallest absolute Gasteiger partial charge is 0.295 e. The molecule has 0 spiro atoms. The summed E-state index contributed by atoms with van der Waals surface area (Å²) in [5, 5.41) is 13.1. The first-order chi connectivity index (χ1) is 14.3. The third-order valence-corrected chi connectivity index (χ3v) is 6.06. The Balaban J connectivity index is 2.10. The molecule has 1 saturated heterocycles. The third-order valence-electron chi connectivity index (χ3n) is 5.13. The molecule has 1 unspecified atom stereocenters. The van der Waals surface area contributed by atoms with Gasteiger partial charge < -0.3 is 19.5 Å². The molecule has 30 heavy (non-hydrogen) atoms. The lowest BCUT2D eigenvalue weighted by atomic mass is 9.96. The first-order valence-electron chi connectivity index (χ1n) is 9.85. The number of likely N-dealkylation sites (tertiary alicyclic amines) is 1. The molecular formula is C23H27NO5S. The van der Waals surface area contributed by atoms with Gasteiger partial charge in [0.05, 0.1) is 31.4 Å². The number of aryl methyl sites for hydroxylation is 2. The third kappa shape index (κ3) is 4.13. The van der Waals surface area contributed by atoms with E-state index in [2.05, 4.69) is 0 Å². The highest BCUT2D eigenvalue weighted by atomic mass is 32.1. The molecule has 1 aliphatic heterocycles. The number of hydrogen-bond donors (Lipinski definition) is 1. The normalized spacial score (nSPS) is 18.5. The quantitative estimate of drug-likeness (QED) is 0.405. The van der Waals surface area contributed by atoms with Crippen LogP contribution in [0.1, 0.15) is 41.5 Å². The lowest BCUT2D eigenvalue weighted by Gasteiger charge is -2.24. The minimum Gasteiger partial charge on any atom is -0.507 e. The van der Waals surface area contributed by atoms with Crippen molar-refractivity contribution in [3.63, 3.8) is 0 Å². The molecule has 1 fully saturated rings. The van der Waals surface area contributed by atoms with Gasteiger partial charge in [0.1, 0.15) is 11.5 Å². The fourth-order valence-corrected chi connectivity index (χ4v) is 4.50. The predicted octanol–water partition coefficient (Wildman–Crippen LogP) is 4.22. The Morgan fingerprint density at radius 2 is 1.97 bits per heavy atom. The number of rotatable bonds is 7. The van der Waals surface area contributed by atoms with Gasteiger partial charge in [0.25, 0.3) is 11.7 Å². The van der Waals surface area contributed by atoms with Crippen molar-refractivity contribution in [1.29, 1.82) is 0 Å². The number of carbonyl (C=O) groups excluding carboxylic acids is 2. The summed E-state index contributed by atoms with van der Waals surface area (Å²) in [6.07, 6.45) is 0.0203. The van der Waals surface area contributed by atoms with Gasteiger partial charge in [-0.2, -0.15) is 0 Å². The summed E-state index contributed by atoms with van der Waals surface area (Å²) in [5.74, 6) is -0.763. The standard InChI is InChI=1S/C23H27NO5S/c1-13(2)29-9-8-24-20(18-7-6-10-30-18)19(22(26)23(24)27)21(25)16-11-15(4)17(28-5)12-14(16)3/h6-7,10-13,20,25H,8-9H2,1-5H3/b21-19-. The Kier molecular flexibility index (Phi) is 6.63. The monoisotopic (exact) mass is 429 g/mol. The molecule has 1 aliphatic rings. The molecule has 0 bridgehead atoms. The maximum absolute atomic E-state index is 13.0. The number of methoxy groups -OCH3 is 1. The molecule has 1 atom stereocenters. The number of aliphatic hydroxyl groups is 1. The van der Waals surface area contributed by atoms with Crippen LogP contribution >= 0.6 is 11.3 Å². The van der Waals surface area contributed by atoms with E-state index in [1.165, 1.54) is 16.2 Å². The number of Topliss-reactive ketones (excluding diaryl/α,β-unsaturated/α-hetero) is 1. The van der Waals surface area contributed by atoms with Crippen LogP contribution in [-0.4, -0.2) is 48.1 Å². The molecule has 0 aliphatic carbocycles. The number of nitrogens with zero attached hydrogens (tertiary/aromatic N) is 1. The number of thiophene rings is 1. The van der Waals surface area contributed by atoms with E-state index in [1.54, 1.807) is 13.2 Å². The van der Waals surface area contributed by atoms with E-state index in [4.69, 9.17) is 9.47 Å². The number of aliphatic hydroxyl groups excluding tert-OH is 1. The largest absolute Gasteiger partial charge is 0.507 e. The average Bonchev–Trinajstić information content (AvgIpc) is 3.31. The van der Waals surface area contributed by atoms with Gasteiger partial charge in [-0.25, -0.2) is 0 Å². The number of ketones is 1. The van der Waals surface area contributed by atoms with Crippen LogP contribution in [0.15, 0.2) is 35.2 Å². The summed E-state index contributed by atoms with van der Waals surface area (Å²) in [5.41, 5.74) is 2.22. The molecule has 1 aromatic carbocycles. The van der Waals surface area contributed by atoms with E-state index in [0.29, 0.717) is 17.9 Å². The lowest BCUT2D eigenvalue weighted by Crippen LogP contribution is -2.33. The van der Waals surface area contributed by atoms with Crippen LogP contribution < -0.4 is 4.74 Å². The van der Waals surface area contributed by atoms with Crippen molar-refractivity contribution in [2.75, 3.05) is 20.3 Å². The second-order valence-corrected chi connectivity index (χ2v) is 8.54. The fraction of sp³-hybridized carbons (Fsp3) is 0.391. The number of carbonyl (C=O) groups is 2. The number of amides is 1. The zero-order valence-corrected chi connectivity index (χ0v) is 18.7. The SMILES string of the molecule is COc1cc(C)c(/C(O)=C2/C(=O)C(=O)N(CCOC(C)C)C2c2cccs2)cc1C. The van der Waals surface area contributed by atoms with Crippen molar-refractivity contribution in [3.05, 3.63) is 56.8 Å². The van der Waals surface area contributed by atoms with E-state index in [0.717, 1.165) is 16.0 Å². The van der Waals surface area contributed by atoms with Crippen molar-refractivity contribution in [3.8, 4) is 5.75 Å². The number of hydrogen-bond acceptors (Lipinski definition) is 6. The van der Waals surface area contributed by atoms with Gasteiger partial charge in [-0.15, -0.1) is 11.3 Å². The summed E-state index contributed by atoms with van der Waals surface area (Å²) in [4.78, 5) is 28.1. The molecule has 2 heterocycles. The van der Waals surface area contributed by atoms with E-state index in [-0.39, 0.29) is 24.0 Å². The highest BCUT2D eigenvalue weighted by molar-refractivity contribution is 7.10. The summed E-state index contributed by atoms with van der Waals surface area (Å²) in [6, 6.07) is 6.70. The Labute approximate surface area is 180 Å². The second kappa shape index (κ2) is 9.02. The predicted molar refractivity (Wildman–Crippen MR) is 117 cm³/mol. The number of benzene rings is 1. The van der Waals surface area contributed by atoms with Crippen molar-refractivity contribution in [2.45, 2.75) is 39.8 Å². The van der Waals surface area contributed by atoms with Gasteiger partial charge in [0.15, 0.2) is 0 Å². The molecule has 1 aromatic heterocycles. The van der Waals surface area contributed by atoms with E-state index >= 15 is 0 Å². The van der Waals surface area contributed by atoms with Gasteiger partial charge in [0, 0.05) is 17.0 Å². The Bertz CT molecular complexity index is 978. The second-order valence-electron chi connectivity index (χ2n) is 7.56. The van der Waals surface area contributed by atoms with Gasteiger partial charge >= 0.3 is 0 Å². The van der Waals surface area contributed by atoms with Crippen molar-refractivity contribution in [2.24, 2.45) is 0 Å². The molecule has 1 amide bonds. The van der Waals surface area contributed by atoms with Crippen LogP contribution in [0.3, 0.4) is 0 Å². The summed E-state index contributed by atoms with van der Waals surface area (Å²) < 4.78 is 10.9. The minimum absolute atomic E-state index is 0.0203. The Hall–Kier alpha value is -2.64. The topological polar surface area (TPSA) is 76.1 Å². The molecular weight excluding hydrogens is 402 g/mol. The first-order valence-corrected chi connectivity index (χ1v) is 10.7. The minimum atomic E-state index is -0.677. The van der Waals surface area contributed by atoms with Gasteiger partial charge in [-0.1, -0.05) is 6.07 Å². The van der Waals surface area contributed by atoms with Crippen LogP contribution in [0.5, 0.6) is 5.75 Å². The summed E-state index contributed by atoms with van der Waals surface area (Å²) in [6.45, 7) is 8.12. The summed E-state index contributed by atoms with van der Waals surface area (Å²) in [7, 11) is 1.59. The molecule has 0 saturated carbocycles. The zero-order chi connectivity index (χ0) is 22.0. The number of ether oxygens (including phenoxy) is 2. The van der Waals surface area contributed by atoms with E-state index < -0.39 is 17.7 Å². The lowest BCUT2D eigenvalue weighted by molar-refractivity contribution is -0.140.